The van der Waals surface area contributed by atoms with Crippen LogP contribution in [0.3, 0.4) is 0 Å². The average molecular weight is 141 g/mol. The Hall–Kier alpha value is -0.900. The smallest absolute Gasteiger partial charge is 0.124 e. The van der Waals surface area contributed by atoms with Crippen LogP contribution in [0.1, 0.15) is 5.69 Å². The van der Waals surface area contributed by atoms with Crippen LogP contribution >= 0.6 is 12.2 Å². The number of thiocarbonyl (C=S) groups is 1. The van der Waals surface area contributed by atoms with Gasteiger partial charge < -0.3 is 5.32 Å². The van der Waals surface area contributed by atoms with Crippen molar-refractivity contribution in [1.29, 1.82) is 0 Å². The van der Waals surface area contributed by atoms with Crippen LogP contribution in [-0.4, -0.2) is 22.2 Å². The second-order valence-corrected chi connectivity index (χ2v) is 1.96. The van der Waals surface area contributed by atoms with Gasteiger partial charge in [-0.15, -0.1) is 0 Å². The third-order valence-corrected chi connectivity index (χ3v) is 1.40. The van der Waals surface area contributed by atoms with Gasteiger partial charge in [0.15, 0.2) is 0 Å². The zero-order chi connectivity index (χ0) is 6.69. The zero-order valence-corrected chi connectivity index (χ0v) is 5.83. The highest BCUT2D eigenvalue weighted by Crippen LogP contribution is 1.90. The summed E-state index contributed by atoms with van der Waals surface area (Å²) in [5.74, 6) is 0. The molecule has 0 saturated heterocycles. The third kappa shape index (κ3) is 1.26. The lowest BCUT2D eigenvalue weighted by atomic mass is 10.4. The molecule has 0 radical (unpaired) electrons. The molecule has 0 unspecified atom stereocenters. The first kappa shape index (κ1) is 6.22. The summed E-state index contributed by atoms with van der Waals surface area (Å²) in [4.78, 5) is 0.688. The second kappa shape index (κ2) is 2.59. The summed E-state index contributed by atoms with van der Waals surface area (Å²) in [6, 6.07) is 1.82. The van der Waals surface area contributed by atoms with Crippen molar-refractivity contribution in [1.82, 2.24) is 15.5 Å². The quantitative estimate of drug-likeness (QED) is 0.553. The topological polar surface area (TPSA) is 40.7 Å². The van der Waals surface area contributed by atoms with Gasteiger partial charge in [0.05, 0.1) is 5.69 Å². The van der Waals surface area contributed by atoms with E-state index in [4.69, 9.17) is 12.2 Å². The van der Waals surface area contributed by atoms with Crippen molar-refractivity contribution in [2.45, 2.75) is 0 Å². The molecule has 0 aliphatic heterocycles. The minimum Gasteiger partial charge on any atom is -0.378 e. The fraction of sp³-hybridized carbons (Fsp3) is 0.200. The maximum absolute atomic E-state index is 4.89. The van der Waals surface area contributed by atoms with E-state index < -0.39 is 0 Å². The van der Waals surface area contributed by atoms with Gasteiger partial charge in [-0.05, 0) is 6.07 Å². The number of hydrogen-bond acceptors (Lipinski definition) is 2. The molecule has 2 N–H and O–H groups in total. The van der Waals surface area contributed by atoms with E-state index >= 15 is 0 Å². The number of aromatic nitrogens is 2. The Labute approximate surface area is 58.5 Å². The Kier molecular flexibility index (Phi) is 1.79. The molecule has 0 atom stereocenters. The first-order valence-corrected chi connectivity index (χ1v) is 2.97. The number of H-pyrrole nitrogens is 1. The molecule has 0 aliphatic carbocycles. The normalized spacial score (nSPS) is 9.00. The summed E-state index contributed by atoms with van der Waals surface area (Å²) in [5.41, 5.74) is 0.854. The molecule has 0 aromatic carbocycles. The van der Waals surface area contributed by atoms with Crippen molar-refractivity contribution in [3.05, 3.63) is 18.0 Å². The predicted octanol–water partition coefficient (Wildman–Crippen LogP) is 0.305. The van der Waals surface area contributed by atoms with Crippen molar-refractivity contribution in [3.63, 3.8) is 0 Å². The number of aromatic amines is 1. The molecule has 1 rings (SSSR count). The van der Waals surface area contributed by atoms with Crippen LogP contribution in [0.15, 0.2) is 12.3 Å². The van der Waals surface area contributed by atoms with E-state index in [1.54, 1.807) is 13.2 Å². The molecule has 9 heavy (non-hydrogen) atoms. The summed E-state index contributed by atoms with van der Waals surface area (Å²) >= 11 is 4.89. The Morgan fingerprint density at radius 2 is 2.67 bits per heavy atom. The molecule has 1 heterocycles. The first-order chi connectivity index (χ1) is 4.34. The van der Waals surface area contributed by atoms with E-state index in [2.05, 4.69) is 15.5 Å². The Morgan fingerprint density at radius 3 is 3.11 bits per heavy atom. The maximum atomic E-state index is 4.89. The van der Waals surface area contributed by atoms with Crippen LogP contribution in [0.5, 0.6) is 0 Å². The lowest BCUT2D eigenvalue weighted by Crippen LogP contribution is -2.16. The van der Waals surface area contributed by atoms with E-state index in [1.165, 1.54) is 0 Å². The van der Waals surface area contributed by atoms with Crippen molar-refractivity contribution in [3.8, 4) is 0 Å². The van der Waals surface area contributed by atoms with Crippen LogP contribution in [0.25, 0.3) is 0 Å². The van der Waals surface area contributed by atoms with E-state index in [0.717, 1.165) is 5.69 Å². The van der Waals surface area contributed by atoms with Gasteiger partial charge in [0.25, 0.3) is 0 Å². The first-order valence-electron chi connectivity index (χ1n) is 2.56. The molecule has 48 valence electrons. The highest BCUT2D eigenvalue weighted by atomic mass is 32.1. The Balaban J connectivity index is 2.77. The number of rotatable bonds is 1. The molecule has 0 fully saturated rings. The highest BCUT2D eigenvalue weighted by Gasteiger charge is 1.95. The molecule has 0 saturated carbocycles. The summed E-state index contributed by atoms with van der Waals surface area (Å²) in [6.07, 6.45) is 1.67. The van der Waals surface area contributed by atoms with Crippen LogP contribution in [-0.2, 0) is 0 Å². The van der Waals surface area contributed by atoms with Gasteiger partial charge in [-0.25, -0.2) is 0 Å². The molecular formula is C5H7N3S. The van der Waals surface area contributed by atoms with Crippen LogP contribution in [0.2, 0.25) is 0 Å². The molecule has 1 aromatic rings. The van der Waals surface area contributed by atoms with Crippen molar-refractivity contribution in [2.75, 3.05) is 7.05 Å². The third-order valence-electron chi connectivity index (χ3n) is 0.972. The fourth-order valence-corrected chi connectivity index (χ4v) is 0.631. The number of hydrogen-bond donors (Lipinski definition) is 2. The predicted molar refractivity (Wildman–Crippen MR) is 39.3 cm³/mol. The number of nitrogens with zero attached hydrogens (tertiary/aromatic N) is 1. The van der Waals surface area contributed by atoms with Gasteiger partial charge >= 0.3 is 0 Å². The highest BCUT2D eigenvalue weighted by molar-refractivity contribution is 7.80. The van der Waals surface area contributed by atoms with Gasteiger partial charge in [0.2, 0.25) is 0 Å². The van der Waals surface area contributed by atoms with E-state index in [-0.39, 0.29) is 0 Å². The summed E-state index contributed by atoms with van der Waals surface area (Å²) in [5, 5.41) is 9.30. The maximum Gasteiger partial charge on any atom is 0.124 e. The van der Waals surface area contributed by atoms with Gasteiger partial charge in [0.1, 0.15) is 4.99 Å². The average Bonchev–Trinajstić information content (AvgIpc) is 2.37. The van der Waals surface area contributed by atoms with Crippen LogP contribution in [0.4, 0.5) is 0 Å². The number of nitrogens with one attached hydrogen (secondary N) is 2. The largest absolute Gasteiger partial charge is 0.378 e. The molecule has 0 amide bonds. The van der Waals surface area contributed by atoms with E-state index in [1.807, 2.05) is 6.07 Å². The Bertz CT molecular complexity index is 192. The van der Waals surface area contributed by atoms with Crippen molar-refractivity contribution in [2.24, 2.45) is 0 Å². The van der Waals surface area contributed by atoms with Gasteiger partial charge in [-0.2, -0.15) is 5.10 Å². The lowest BCUT2D eigenvalue weighted by molar-refractivity contribution is 1.07. The van der Waals surface area contributed by atoms with Gasteiger partial charge in [-0.3, -0.25) is 5.10 Å². The molecule has 0 spiro atoms. The molecule has 0 bridgehead atoms. The molecular weight excluding hydrogens is 134 g/mol. The van der Waals surface area contributed by atoms with Crippen LogP contribution in [0, 0.1) is 0 Å². The summed E-state index contributed by atoms with van der Waals surface area (Å²) in [7, 11) is 1.78. The van der Waals surface area contributed by atoms with Gasteiger partial charge in [-0.1, -0.05) is 12.2 Å². The van der Waals surface area contributed by atoms with Crippen molar-refractivity contribution >= 4 is 17.2 Å². The van der Waals surface area contributed by atoms with Gasteiger partial charge in [0, 0.05) is 13.2 Å². The fourth-order valence-electron chi connectivity index (χ4n) is 0.517. The zero-order valence-electron chi connectivity index (χ0n) is 5.01. The molecule has 1 aromatic heterocycles. The molecule has 0 aliphatic rings. The lowest BCUT2D eigenvalue weighted by Gasteiger charge is -1.94. The van der Waals surface area contributed by atoms with Crippen molar-refractivity contribution < 1.29 is 0 Å². The minimum absolute atomic E-state index is 0.688. The monoisotopic (exact) mass is 141 g/mol. The second-order valence-electron chi connectivity index (χ2n) is 1.55. The molecule has 4 heteroatoms. The SMILES string of the molecule is CNC(=S)c1ccn[nH]1. The van der Waals surface area contributed by atoms with E-state index in [9.17, 15) is 0 Å². The van der Waals surface area contributed by atoms with Crippen LogP contribution < -0.4 is 5.32 Å². The molecule has 3 nitrogen and oxygen atoms in total. The van der Waals surface area contributed by atoms with E-state index in [0.29, 0.717) is 4.99 Å². The standard InChI is InChI=1S/C5H7N3S/c1-6-5(9)4-2-3-7-8-4/h2-3H,1H3,(H,6,9)(H,7,8). The summed E-state index contributed by atoms with van der Waals surface area (Å²) in [6.45, 7) is 0. The summed E-state index contributed by atoms with van der Waals surface area (Å²) < 4.78 is 0. The minimum atomic E-state index is 0.688. The Morgan fingerprint density at radius 1 is 1.89 bits per heavy atom.